The maximum Gasteiger partial charge on any atom is 0.405 e. The number of hydrogen-bond acceptors (Lipinski definition) is 5. The van der Waals surface area contributed by atoms with Crippen LogP contribution in [0.2, 0.25) is 0 Å². The van der Waals surface area contributed by atoms with Gasteiger partial charge in [0.1, 0.15) is 12.2 Å². The lowest BCUT2D eigenvalue weighted by Crippen LogP contribution is -2.22. The van der Waals surface area contributed by atoms with Crippen molar-refractivity contribution in [2.75, 3.05) is 11.9 Å². The van der Waals surface area contributed by atoms with E-state index < -0.39 is 19.1 Å². The second kappa shape index (κ2) is 9.19. The predicted octanol–water partition coefficient (Wildman–Crippen LogP) is 5.61. The van der Waals surface area contributed by atoms with Crippen molar-refractivity contribution in [3.8, 4) is 11.3 Å². The Kier molecular flexibility index (Phi) is 6.62. The fourth-order valence-electron chi connectivity index (χ4n) is 2.77. The van der Waals surface area contributed by atoms with Crippen molar-refractivity contribution in [3.63, 3.8) is 0 Å². The average molecular weight is 438 g/mol. The first-order valence-electron chi connectivity index (χ1n) is 9.25. The number of anilines is 1. The minimum atomic E-state index is -4.37. The van der Waals surface area contributed by atoms with Crippen molar-refractivity contribution in [1.82, 2.24) is 19.9 Å². The third-order valence-electron chi connectivity index (χ3n) is 4.18. The first kappa shape index (κ1) is 22.3. The van der Waals surface area contributed by atoms with Crippen molar-refractivity contribution >= 4 is 28.4 Å². The zero-order valence-electron chi connectivity index (χ0n) is 16.6. The second-order valence-corrected chi connectivity index (χ2v) is 6.71. The summed E-state index contributed by atoms with van der Waals surface area (Å²) in [6.07, 6.45) is -1.14. The molecule has 0 atom stereocenters. The number of nitrogens with one attached hydrogen (secondary N) is 2. The standard InChI is InChI=1S/C20H19F5N6/c1-11(4-3-5-17(21)22)29-15-6-7-16(30-12(15)2)13-8-26-18-14(13)9-27-19(31-18)28-10-20(23,24)25/h3-4,6-9,17H,5,10H2,1-2H3,(H2,26,27,28,31)/b4-3+,29-11?. The number of aromatic nitrogens is 4. The van der Waals surface area contributed by atoms with Crippen LogP contribution >= 0.6 is 0 Å². The third-order valence-corrected chi connectivity index (χ3v) is 4.18. The molecule has 0 amide bonds. The van der Waals surface area contributed by atoms with Gasteiger partial charge >= 0.3 is 6.18 Å². The Balaban J connectivity index is 1.81. The van der Waals surface area contributed by atoms with Gasteiger partial charge in [0, 0.05) is 35.5 Å². The predicted molar refractivity (Wildman–Crippen MR) is 109 cm³/mol. The van der Waals surface area contributed by atoms with E-state index >= 15 is 0 Å². The Hall–Kier alpha value is -3.37. The molecule has 3 heterocycles. The summed E-state index contributed by atoms with van der Waals surface area (Å²) in [5.74, 6) is -0.137. The molecule has 3 aromatic heterocycles. The molecule has 0 aliphatic heterocycles. The van der Waals surface area contributed by atoms with Gasteiger partial charge in [0.15, 0.2) is 0 Å². The van der Waals surface area contributed by atoms with Crippen LogP contribution in [0.5, 0.6) is 0 Å². The lowest BCUT2D eigenvalue weighted by atomic mass is 10.1. The van der Waals surface area contributed by atoms with Gasteiger partial charge in [-0.25, -0.2) is 13.8 Å². The van der Waals surface area contributed by atoms with Gasteiger partial charge in [-0.2, -0.15) is 18.2 Å². The molecule has 164 valence electrons. The molecule has 2 N–H and O–H groups in total. The van der Waals surface area contributed by atoms with E-state index in [1.54, 1.807) is 32.2 Å². The van der Waals surface area contributed by atoms with Crippen LogP contribution in [0, 0.1) is 6.92 Å². The van der Waals surface area contributed by atoms with Crippen molar-refractivity contribution in [2.45, 2.75) is 32.9 Å². The summed E-state index contributed by atoms with van der Waals surface area (Å²) < 4.78 is 61.5. The highest BCUT2D eigenvalue weighted by molar-refractivity contribution is 5.95. The van der Waals surface area contributed by atoms with Crippen LogP contribution in [0.4, 0.5) is 33.6 Å². The Morgan fingerprint density at radius 3 is 2.71 bits per heavy atom. The topological polar surface area (TPSA) is 78.9 Å². The summed E-state index contributed by atoms with van der Waals surface area (Å²) in [5.41, 5.74) is 3.45. The van der Waals surface area contributed by atoms with E-state index in [0.717, 1.165) is 0 Å². The lowest BCUT2D eigenvalue weighted by molar-refractivity contribution is -0.115. The number of nitrogens with zero attached hydrogens (tertiary/aromatic N) is 4. The van der Waals surface area contributed by atoms with Crippen LogP contribution in [0.25, 0.3) is 22.3 Å². The summed E-state index contributed by atoms with van der Waals surface area (Å²) in [7, 11) is 0. The largest absolute Gasteiger partial charge is 0.405 e. The van der Waals surface area contributed by atoms with Crippen LogP contribution in [0.15, 0.2) is 41.7 Å². The van der Waals surface area contributed by atoms with Crippen LogP contribution in [-0.2, 0) is 0 Å². The van der Waals surface area contributed by atoms with Crippen LogP contribution in [0.1, 0.15) is 19.0 Å². The van der Waals surface area contributed by atoms with Crippen LogP contribution in [0.3, 0.4) is 0 Å². The molecule has 0 saturated heterocycles. The highest BCUT2D eigenvalue weighted by Crippen LogP contribution is 2.29. The fourth-order valence-corrected chi connectivity index (χ4v) is 2.77. The van der Waals surface area contributed by atoms with E-state index in [2.05, 4.69) is 30.2 Å². The van der Waals surface area contributed by atoms with Crippen molar-refractivity contribution < 1.29 is 22.0 Å². The maximum atomic E-state index is 12.3. The van der Waals surface area contributed by atoms with Crippen molar-refractivity contribution in [2.24, 2.45) is 4.99 Å². The number of halogens is 5. The SMILES string of the molecule is CC(/C=C/CC(F)F)=Nc1ccc(-c2c[nH]c3nc(NCC(F)(F)F)ncc23)nc1C. The smallest absolute Gasteiger partial charge is 0.345 e. The number of H-pyrrole nitrogens is 1. The summed E-state index contributed by atoms with van der Waals surface area (Å²) in [4.78, 5) is 19.8. The zero-order chi connectivity index (χ0) is 22.6. The normalized spacial score (nSPS) is 13.0. The molecule has 3 rings (SSSR count). The van der Waals surface area contributed by atoms with E-state index in [0.29, 0.717) is 39.4 Å². The van der Waals surface area contributed by atoms with E-state index in [4.69, 9.17) is 0 Å². The number of alkyl halides is 5. The number of hydrogen-bond donors (Lipinski definition) is 2. The third kappa shape index (κ3) is 6.06. The minimum Gasteiger partial charge on any atom is -0.345 e. The van der Waals surface area contributed by atoms with Crippen molar-refractivity contribution in [3.05, 3.63) is 42.4 Å². The quantitative estimate of drug-likeness (QED) is 0.371. The Bertz CT molecular complexity index is 1120. The van der Waals surface area contributed by atoms with Gasteiger partial charge in [0.05, 0.1) is 17.1 Å². The molecule has 0 aliphatic carbocycles. The molecule has 0 saturated carbocycles. The number of pyridine rings is 1. The first-order valence-corrected chi connectivity index (χ1v) is 9.25. The Morgan fingerprint density at radius 2 is 2.03 bits per heavy atom. The van der Waals surface area contributed by atoms with Crippen molar-refractivity contribution in [1.29, 1.82) is 0 Å². The minimum absolute atomic E-state index is 0.137. The molecule has 0 unspecified atom stereocenters. The molecule has 0 fully saturated rings. The number of allylic oxidation sites excluding steroid dienone is 2. The number of aryl methyl sites for hydroxylation is 1. The van der Waals surface area contributed by atoms with Gasteiger partial charge in [-0.15, -0.1) is 0 Å². The lowest BCUT2D eigenvalue weighted by Gasteiger charge is -2.08. The van der Waals surface area contributed by atoms with Gasteiger partial charge in [0.25, 0.3) is 0 Å². The van der Waals surface area contributed by atoms with E-state index in [-0.39, 0.29) is 12.4 Å². The number of fused-ring (bicyclic) bond motifs is 1. The van der Waals surface area contributed by atoms with Gasteiger partial charge < -0.3 is 10.3 Å². The zero-order valence-corrected chi connectivity index (χ0v) is 16.6. The van der Waals surface area contributed by atoms with Gasteiger partial charge in [0.2, 0.25) is 12.4 Å². The fraction of sp³-hybridized carbons (Fsp3) is 0.300. The molecule has 0 spiro atoms. The summed E-state index contributed by atoms with van der Waals surface area (Å²) >= 11 is 0. The number of rotatable bonds is 7. The Morgan fingerprint density at radius 1 is 1.26 bits per heavy atom. The van der Waals surface area contributed by atoms with Crippen LogP contribution in [-0.4, -0.2) is 44.8 Å². The molecule has 0 radical (unpaired) electrons. The summed E-state index contributed by atoms with van der Waals surface area (Å²) in [5, 5.41) is 2.74. The molecule has 3 aromatic rings. The van der Waals surface area contributed by atoms with Crippen LogP contribution < -0.4 is 5.32 Å². The number of aliphatic imine (C=N–C) groups is 1. The summed E-state index contributed by atoms with van der Waals surface area (Å²) in [6.45, 7) is 2.24. The average Bonchev–Trinajstić information content (AvgIpc) is 3.10. The molecular weight excluding hydrogens is 419 g/mol. The molecule has 31 heavy (non-hydrogen) atoms. The van der Waals surface area contributed by atoms with E-state index in [9.17, 15) is 22.0 Å². The summed E-state index contributed by atoms with van der Waals surface area (Å²) in [6, 6.07) is 3.49. The second-order valence-electron chi connectivity index (χ2n) is 6.71. The maximum absolute atomic E-state index is 12.3. The molecule has 11 heteroatoms. The highest BCUT2D eigenvalue weighted by atomic mass is 19.4. The molecular formula is C20H19F5N6. The van der Waals surface area contributed by atoms with E-state index in [1.165, 1.54) is 18.3 Å². The van der Waals surface area contributed by atoms with Gasteiger partial charge in [-0.05, 0) is 32.1 Å². The molecule has 0 aromatic carbocycles. The van der Waals surface area contributed by atoms with Gasteiger partial charge in [-0.1, -0.05) is 6.08 Å². The number of aromatic amines is 1. The molecule has 0 bridgehead atoms. The van der Waals surface area contributed by atoms with E-state index in [1.807, 2.05) is 0 Å². The van der Waals surface area contributed by atoms with Gasteiger partial charge in [-0.3, -0.25) is 9.98 Å². The monoisotopic (exact) mass is 438 g/mol. The highest BCUT2D eigenvalue weighted by Gasteiger charge is 2.27. The first-order chi connectivity index (χ1) is 14.6. The molecule has 0 aliphatic rings. The Labute approximate surface area is 174 Å². The molecule has 6 nitrogen and oxygen atoms in total.